The predicted octanol–water partition coefficient (Wildman–Crippen LogP) is -0.0653. The first-order valence-corrected chi connectivity index (χ1v) is 7.28. The molecular formula is C10H17NO5S. The second-order valence-corrected chi connectivity index (χ2v) is 6.88. The second-order valence-electron chi connectivity index (χ2n) is 4.70. The zero-order valence-electron chi connectivity index (χ0n) is 9.73. The smallest absolute Gasteiger partial charge is 0.303 e. The fourth-order valence-electron chi connectivity index (χ4n) is 1.91. The lowest BCUT2D eigenvalue weighted by Gasteiger charge is -2.23. The van der Waals surface area contributed by atoms with Gasteiger partial charge in [-0.3, -0.25) is 9.59 Å². The second kappa shape index (κ2) is 5.03. The Labute approximate surface area is 100 Å². The van der Waals surface area contributed by atoms with Crippen LogP contribution in [0.4, 0.5) is 0 Å². The van der Waals surface area contributed by atoms with Crippen molar-refractivity contribution < 1.29 is 23.1 Å². The standard InChI is InChI=1S/C10H17NO5S/c1-10(5-6-17(15,16)7-10)11-8(12)3-2-4-9(13)14/h2-7H2,1H3,(H,11,12)(H,13,14). The van der Waals surface area contributed by atoms with Gasteiger partial charge in [-0.25, -0.2) is 8.42 Å². The van der Waals surface area contributed by atoms with E-state index in [1.807, 2.05) is 0 Å². The largest absolute Gasteiger partial charge is 0.481 e. The van der Waals surface area contributed by atoms with Crippen molar-refractivity contribution in [3.63, 3.8) is 0 Å². The average molecular weight is 263 g/mol. The van der Waals surface area contributed by atoms with E-state index in [9.17, 15) is 18.0 Å². The number of hydrogen-bond donors (Lipinski definition) is 2. The van der Waals surface area contributed by atoms with Crippen molar-refractivity contribution >= 4 is 21.7 Å². The Bertz CT molecular complexity index is 416. The van der Waals surface area contributed by atoms with Crippen LogP contribution >= 0.6 is 0 Å². The maximum atomic E-state index is 11.5. The van der Waals surface area contributed by atoms with Crippen LogP contribution in [0.15, 0.2) is 0 Å². The molecule has 6 nitrogen and oxygen atoms in total. The van der Waals surface area contributed by atoms with E-state index >= 15 is 0 Å². The predicted molar refractivity (Wildman–Crippen MR) is 61.3 cm³/mol. The molecule has 1 heterocycles. The summed E-state index contributed by atoms with van der Waals surface area (Å²) in [7, 11) is -3.04. The number of aliphatic carboxylic acids is 1. The van der Waals surface area contributed by atoms with Gasteiger partial charge in [0.2, 0.25) is 5.91 Å². The number of nitrogens with one attached hydrogen (secondary N) is 1. The minimum atomic E-state index is -3.04. The first-order chi connectivity index (χ1) is 7.72. The molecule has 1 aliphatic rings. The van der Waals surface area contributed by atoms with Crippen molar-refractivity contribution in [2.45, 2.75) is 38.1 Å². The molecule has 1 rings (SSSR count). The molecule has 0 aliphatic carbocycles. The molecule has 2 N–H and O–H groups in total. The van der Waals surface area contributed by atoms with Crippen LogP contribution in [-0.2, 0) is 19.4 Å². The minimum absolute atomic E-state index is 0.0370. The molecule has 1 saturated heterocycles. The molecule has 0 spiro atoms. The maximum Gasteiger partial charge on any atom is 0.303 e. The lowest BCUT2D eigenvalue weighted by atomic mass is 10.0. The van der Waals surface area contributed by atoms with E-state index in [1.165, 1.54) is 0 Å². The number of amides is 1. The zero-order chi connectivity index (χ0) is 13.1. The number of carbonyl (C=O) groups is 2. The highest BCUT2D eigenvalue weighted by atomic mass is 32.2. The van der Waals surface area contributed by atoms with Gasteiger partial charge in [-0.1, -0.05) is 0 Å². The quantitative estimate of drug-likeness (QED) is 0.723. The van der Waals surface area contributed by atoms with Crippen molar-refractivity contribution in [2.24, 2.45) is 0 Å². The number of carboxylic acids is 1. The summed E-state index contributed by atoms with van der Waals surface area (Å²) in [6.07, 6.45) is 0.744. The third-order valence-electron chi connectivity index (χ3n) is 2.74. The Balaban J connectivity index is 2.39. The number of carboxylic acid groups (broad SMARTS) is 1. The molecule has 1 amide bonds. The Morgan fingerprint density at radius 2 is 2.00 bits per heavy atom. The Kier molecular flexibility index (Phi) is 4.13. The molecule has 0 saturated carbocycles. The highest BCUT2D eigenvalue weighted by molar-refractivity contribution is 7.91. The summed E-state index contributed by atoms with van der Waals surface area (Å²) in [6.45, 7) is 1.70. The van der Waals surface area contributed by atoms with Crippen molar-refractivity contribution in [3.05, 3.63) is 0 Å². The molecule has 1 fully saturated rings. The van der Waals surface area contributed by atoms with E-state index in [0.717, 1.165) is 0 Å². The van der Waals surface area contributed by atoms with Gasteiger partial charge in [-0.05, 0) is 19.8 Å². The third kappa shape index (κ3) is 4.72. The Morgan fingerprint density at radius 1 is 1.35 bits per heavy atom. The van der Waals surface area contributed by atoms with Gasteiger partial charge in [-0.2, -0.15) is 0 Å². The lowest BCUT2D eigenvalue weighted by Crippen LogP contribution is -2.46. The molecule has 7 heteroatoms. The summed E-state index contributed by atoms with van der Waals surface area (Å²) >= 11 is 0. The molecule has 0 aromatic heterocycles. The Morgan fingerprint density at radius 3 is 2.47 bits per heavy atom. The maximum absolute atomic E-state index is 11.5. The highest BCUT2D eigenvalue weighted by Gasteiger charge is 2.39. The van der Waals surface area contributed by atoms with E-state index in [2.05, 4.69) is 5.32 Å². The van der Waals surface area contributed by atoms with E-state index in [4.69, 9.17) is 5.11 Å². The lowest BCUT2D eigenvalue weighted by molar-refractivity contribution is -0.137. The Hall–Kier alpha value is -1.11. The van der Waals surface area contributed by atoms with Crippen molar-refractivity contribution in [1.82, 2.24) is 5.32 Å². The van der Waals surface area contributed by atoms with Crippen molar-refractivity contribution in [1.29, 1.82) is 0 Å². The molecule has 0 bridgehead atoms. The van der Waals surface area contributed by atoms with Gasteiger partial charge in [-0.15, -0.1) is 0 Å². The summed E-state index contributed by atoms with van der Waals surface area (Å²) in [6, 6.07) is 0. The van der Waals surface area contributed by atoms with Crippen LogP contribution in [0.25, 0.3) is 0 Å². The van der Waals surface area contributed by atoms with Crippen LogP contribution in [-0.4, -0.2) is 42.4 Å². The van der Waals surface area contributed by atoms with E-state index < -0.39 is 21.3 Å². The van der Waals surface area contributed by atoms with Gasteiger partial charge in [0.1, 0.15) is 0 Å². The third-order valence-corrected chi connectivity index (χ3v) is 4.64. The van der Waals surface area contributed by atoms with E-state index in [1.54, 1.807) is 6.92 Å². The molecule has 1 unspecified atom stereocenters. The molecule has 0 aromatic rings. The summed E-state index contributed by atoms with van der Waals surface area (Å²) in [5, 5.41) is 11.1. The summed E-state index contributed by atoms with van der Waals surface area (Å²) < 4.78 is 22.6. The zero-order valence-corrected chi connectivity index (χ0v) is 10.5. The van der Waals surface area contributed by atoms with Crippen molar-refractivity contribution in [3.8, 4) is 0 Å². The molecular weight excluding hydrogens is 246 g/mol. The molecule has 0 aromatic carbocycles. The van der Waals surface area contributed by atoms with Crippen LogP contribution in [0.2, 0.25) is 0 Å². The SMILES string of the molecule is CC1(NC(=O)CCCC(=O)O)CCS(=O)(=O)C1. The van der Waals surface area contributed by atoms with Gasteiger partial charge >= 0.3 is 5.97 Å². The first-order valence-electron chi connectivity index (χ1n) is 5.46. The fourth-order valence-corrected chi connectivity index (χ4v) is 4.00. The monoisotopic (exact) mass is 263 g/mol. The number of rotatable bonds is 5. The average Bonchev–Trinajstić information content (AvgIpc) is 2.39. The first kappa shape index (κ1) is 14.0. The van der Waals surface area contributed by atoms with Crippen LogP contribution in [0, 0.1) is 0 Å². The molecule has 1 atom stereocenters. The van der Waals surface area contributed by atoms with Gasteiger partial charge in [0, 0.05) is 12.8 Å². The fraction of sp³-hybridized carbons (Fsp3) is 0.800. The molecule has 98 valence electrons. The minimum Gasteiger partial charge on any atom is -0.481 e. The van der Waals surface area contributed by atoms with Crippen LogP contribution < -0.4 is 5.32 Å². The molecule has 1 aliphatic heterocycles. The van der Waals surface area contributed by atoms with Crippen LogP contribution in [0.3, 0.4) is 0 Å². The normalized spacial score (nSPS) is 26.6. The number of carbonyl (C=O) groups excluding carboxylic acids is 1. The van der Waals surface area contributed by atoms with E-state index in [0.29, 0.717) is 6.42 Å². The van der Waals surface area contributed by atoms with Gasteiger partial charge in [0.25, 0.3) is 0 Å². The number of sulfone groups is 1. The van der Waals surface area contributed by atoms with Gasteiger partial charge in [0.05, 0.1) is 17.0 Å². The van der Waals surface area contributed by atoms with Crippen LogP contribution in [0.5, 0.6) is 0 Å². The van der Waals surface area contributed by atoms with Gasteiger partial charge in [0.15, 0.2) is 9.84 Å². The van der Waals surface area contributed by atoms with Gasteiger partial charge < -0.3 is 10.4 Å². The number of hydrogen-bond acceptors (Lipinski definition) is 4. The van der Waals surface area contributed by atoms with Crippen molar-refractivity contribution in [2.75, 3.05) is 11.5 Å². The summed E-state index contributed by atoms with van der Waals surface area (Å²) in [5.41, 5.74) is -0.695. The topological polar surface area (TPSA) is 101 Å². The van der Waals surface area contributed by atoms with Crippen LogP contribution in [0.1, 0.15) is 32.6 Å². The molecule has 0 radical (unpaired) electrons. The summed E-state index contributed by atoms with van der Waals surface area (Å²) in [4.78, 5) is 21.8. The highest BCUT2D eigenvalue weighted by Crippen LogP contribution is 2.22. The molecule has 17 heavy (non-hydrogen) atoms. The van der Waals surface area contributed by atoms with E-state index in [-0.39, 0.29) is 36.7 Å². The summed E-state index contributed by atoms with van der Waals surface area (Å²) in [5.74, 6) is -1.16.